The molecule has 194 valence electrons. The largest absolute Gasteiger partial charge is 0.497 e. The number of anilines is 2. The number of nitrogens with zero attached hydrogens (tertiary/aromatic N) is 1. The number of thiocarbonyl (C=S) groups is 1. The summed E-state index contributed by atoms with van der Waals surface area (Å²) in [6.45, 7) is 1.61. The molecule has 9 nitrogen and oxygen atoms in total. The first-order valence-electron chi connectivity index (χ1n) is 11.5. The lowest BCUT2D eigenvalue weighted by Gasteiger charge is -2.29. The summed E-state index contributed by atoms with van der Waals surface area (Å²) in [6, 6.07) is 19.0. The van der Waals surface area contributed by atoms with Gasteiger partial charge in [-0.3, -0.25) is 24.6 Å². The van der Waals surface area contributed by atoms with Crippen molar-refractivity contribution in [3.05, 3.63) is 83.4 Å². The second-order valence-electron chi connectivity index (χ2n) is 8.22. The Balaban J connectivity index is 1.56. The maximum atomic E-state index is 13.3. The Morgan fingerprint density at radius 1 is 0.974 bits per heavy atom. The van der Waals surface area contributed by atoms with Gasteiger partial charge in [0.05, 0.1) is 19.9 Å². The molecule has 0 radical (unpaired) electrons. The van der Waals surface area contributed by atoms with E-state index in [4.69, 9.17) is 26.4 Å². The summed E-state index contributed by atoms with van der Waals surface area (Å²) in [5.74, 6) is 0.515. The van der Waals surface area contributed by atoms with E-state index in [2.05, 4.69) is 10.6 Å². The molecule has 3 amide bonds. The minimum Gasteiger partial charge on any atom is -0.497 e. The fourth-order valence-electron chi connectivity index (χ4n) is 3.79. The lowest BCUT2D eigenvalue weighted by molar-refractivity contribution is -0.122. The van der Waals surface area contributed by atoms with E-state index in [9.17, 15) is 14.4 Å². The second-order valence-corrected chi connectivity index (χ2v) is 8.61. The number of hydrogen-bond donors (Lipinski definition) is 2. The molecule has 10 heteroatoms. The summed E-state index contributed by atoms with van der Waals surface area (Å²) < 4.78 is 16.5. The summed E-state index contributed by atoms with van der Waals surface area (Å²) in [6.07, 6.45) is 1.50. The van der Waals surface area contributed by atoms with Crippen LogP contribution < -0.4 is 29.7 Å². The van der Waals surface area contributed by atoms with Crippen molar-refractivity contribution in [2.75, 3.05) is 24.4 Å². The molecule has 1 saturated heterocycles. The molecule has 4 rings (SSSR count). The highest BCUT2D eigenvalue weighted by Crippen LogP contribution is 2.27. The Morgan fingerprint density at radius 2 is 1.66 bits per heavy atom. The maximum Gasteiger partial charge on any atom is 0.270 e. The number of nitrogens with one attached hydrogen (secondary N) is 2. The SMILES string of the molecule is COc1ccc(N2C(=O)C(=Cc3ccc(OC)c(COc4ccc(NC(C)=O)cc4)c3)C(=O)NC2=S)cc1. The van der Waals surface area contributed by atoms with Gasteiger partial charge in [0.1, 0.15) is 29.4 Å². The average Bonchev–Trinajstić information content (AvgIpc) is 2.90. The van der Waals surface area contributed by atoms with Crippen molar-refractivity contribution in [1.29, 1.82) is 0 Å². The van der Waals surface area contributed by atoms with Crippen LogP contribution in [0.1, 0.15) is 18.1 Å². The molecule has 3 aromatic rings. The van der Waals surface area contributed by atoms with Gasteiger partial charge in [-0.15, -0.1) is 0 Å². The van der Waals surface area contributed by atoms with Gasteiger partial charge in [0.15, 0.2) is 5.11 Å². The third-order valence-corrected chi connectivity index (χ3v) is 5.90. The number of rotatable bonds is 8. The molecule has 3 aromatic carbocycles. The zero-order chi connectivity index (χ0) is 27.2. The normalized spacial score (nSPS) is 14.2. The van der Waals surface area contributed by atoms with Crippen molar-refractivity contribution in [1.82, 2.24) is 5.32 Å². The van der Waals surface area contributed by atoms with Gasteiger partial charge >= 0.3 is 0 Å². The summed E-state index contributed by atoms with van der Waals surface area (Å²) in [7, 11) is 3.09. The van der Waals surface area contributed by atoms with Gasteiger partial charge in [0, 0.05) is 18.2 Å². The average molecular weight is 532 g/mol. The predicted molar refractivity (Wildman–Crippen MR) is 147 cm³/mol. The first kappa shape index (κ1) is 26.4. The number of benzene rings is 3. The number of carbonyl (C=O) groups excluding carboxylic acids is 3. The zero-order valence-electron chi connectivity index (χ0n) is 20.9. The minimum absolute atomic E-state index is 0.00402. The fourth-order valence-corrected chi connectivity index (χ4v) is 4.07. The van der Waals surface area contributed by atoms with Gasteiger partial charge in [-0.25, -0.2) is 0 Å². The highest BCUT2D eigenvalue weighted by Gasteiger charge is 2.34. The molecule has 1 heterocycles. The Morgan fingerprint density at radius 3 is 2.29 bits per heavy atom. The van der Waals surface area contributed by atoms with Crippen molar-refractivity contribution in [3.8, 4) is 17.2 Å². The monoisotopic (exact) mass is 531 g/mol. The topological polar surface area (TPSA) is 106 Å². The van der Waals surface area contributed by atoms with Crippen LogP contribution in [0.25, 0.3) is 6.08 Å². The van der Waals surface area contributed by atoms with Gasteiger partial charge in [0.25, 0.3) is 11.8 Å². The van der Waals surface area contributed by atoms with Crippen LogP contribution in [0.3, 0.4) is 0 Å². The molecule has 1 aliphatic rings. The maximum absolute atomic E-state index is 13.3. The van der Waals surface area contributed by atoms with Crippen LogP contribution >= 0.6 is 12.2 Å². The Hall–Kier alpha value is -4.70. The third-order valence-electron chi connectivity index (χ3n) is 5.62. The van der Waals surface area contributed by atoms with Crippen LogP contribution in [0.2, 0.25) is 0 Å². The number of hydrogen-bond acceptors (Lipinski definition) is 7. The van der Waals surface area contributed by atoms with Gasteiger partial charge in [0.2, 0.25) is 5.91 Å². The van der Waals surface area contributed by atoms with Gasteiger partial charge in [-0.05, 0) is 84.5 Å². The van der Waals surface area contributed by atoms with E-state index < -0.39 is 11.8 Å². The molecule has 1 fully saturated rings. The molecule has 0 saturated carbocycles. The lowest BCUT2D eigenvalue weighted by atomic mass is 10.0. The van der Waals surface area contributed by atoms with E-state index in [0.717, 1.165) is 0 Å². The molecule has 1 aliphatic heterocycles. The number of methoxy groups -OCH3 is 2. The molecule has 0 unspecified atom stereocenters. The molecule has 0 atom stereocenters. The fraction of sp³-hybridized carbons (Fsp3) is 0.143. The van der Waals surface area contributed by atoms with E-state index >= 15 is 0 Å². The molecule has 0 aliphatic carbocycles. The second kappa shape index (κ2) is 11.6. The van der Waals surface area contributed by atoms with Crippen molar-refractivity contribution in [2.45, 2.75) is 13.5 Å². The van der Waals surface area contributed by atoms with E-state index in [1.54, 1.807) is 80.9 Å². The molecular weight excluding hydrogens is 506 g/mol. The van der Waals surface area contributed by atoms with Crippen molar-refractivity contribution in [3.63, 3.8) is 0 Å². The van der Waals surface area contributed by atoms with Crippen LogP contribution in [0.4, 0.5) is 11.4 Å². The van der Waals surface area contributed by atoms with Gasteiger partial charge < -0.3 is 19.5 Å². The number of carbonyl (C=O) groups is 3. The van der Waals surface area contributed by atoms with Crippen LogP contribution in [0.5, 0.6) is 17.2 Å². The number of ether oxygens (including phenoxy) is 3. The third kappa shape index (κ3) is 5.98. The lowest BCUT2D eigenvalue weighted by Crippen LogP contribution is -2.54. The molecule has 0 aromatic heterocycles. The zero-order valence-corrected chi connectivity index (χ0v) is 21.8. The van der Waals surface area contributed by atoms with Crippen LogP contribution in [-0.4, -0.2) is 37.1 Å². The Bertz CT molecular complexity index is 1420. The van der Waals surface area contributed by atoms with E-state index in [-0.39, 0.29) is 23.2 Å². The summed E-state index contributed by atoms with van der Waals surface area (Å²) in [5.41, 5.74) is 2.40. The molecule has 38 heavy (non-hydrogen) atoms. The van der Waals surface area contributed by atoms with E-state index in [0.29, 0.717) is 39.8 Å². The van der Waals surface area contributed by atoms with Gasteiger partial charge in [-0.2, -0.15) is 0 Å². The molecular formula is C28H25N3O6S. The van der Waals surface area contributed by atoms with E-state index in [1.165, 1.54) is 17.9 Å². The predicted octanol–water partition coefficient (Wildman–Crippen LogP) is 4.07. The Kier molecular flexibility index (Phi) is 8.03. The summed E-state index contributed by atoms with van der Waals surface area (Å²) in [5, 5.41) is 5.28. The molecule has 0 spiro atoms. The van der Waals surface area contributed by atoms with E-state index in [1.807, 2.05) is 0 Å². The highest BCUT2D eigenvalue weighted by atomic mass is 32.1. The standard InChI is InChI=1S/C28H25N3O6S/c1-17(32)29-20-5-9-23(10-6-20)37-16-19-14-18(4-13-25(19)36-3)15-24-26(33)30-28(38)31(27(24)34)21-7-11-22(35-2)12-8-21/h4-15H,16H2,1-3H3,(H,29,32)(H,30,33,38). The molecule has 2 N–H and O–H groups in total. The summed E-state index contributed by atoms with van der Waals surface area (Å²) in [4.78, 5) is 38.5. The van der Waals surface area contributed by atoms with Gasteiger partial charge in [-0.1, -0.05) is 6.07 Å². The van der Waals surface area contributed by atoms with Crippen LogP contribution in [-0.2, 0) is 21.0 Å². The quantitative estimate of drug-likeness (QED) is 0.256. The molecule has 0 bridgehead atoms. The minimum atomic E-state index is -0.586. The summed E-state index contributed by atoms with van der Waals surface area (Å²) >= 11 is 5.27. The first-order chi connectivity index (χ1) is 18.3. The smallest absolute Gasteiger partial charge is 0.270 e. The number of amides is 3. The van der Waals surface area contributed by atoms with Crippen molar-refractivity contribution in [2.24, 2.45) is 0 Å². The van der Waals surface area contributed by atoms with Crippen molar-refractivity contribution < 1.29 is 28.6 Å². The highest BCUT2D eigenvalue weighted by molar-refractivity contribution is 7.80. The Labute approximate surface area is 225 Å². The first-order valence-corrected chi connectivity index (χ1v) is 11.9. The van der Waals surface area contributed by atoms with Crippen LogP contribution in [0, 0.1) is 0 Å². The van der Waals surface area contributed by atoms with Crippen LogP contribution in [0.15, 0.2) is 72.3 Å². The van der Waals surface area contributed by atoms with Crippen molar-refractivity contribution >= 4 is 52.5 Å².